The highest BCUT2D eigenvalue weighted by molar-refractivity contribution is 5.87. The van der Waals surface area contributed by atoms with Gasteiger partial charge in [0.05, 0.1) is 12.7 Å². The molecule has 0 amide bonds. The number of methoxy groups -OCH3 is 1. The zero-order valence-electron chi connectivity index (χ0n) is 10.3. The Morgan fingerprint density at radius 3 is 2.35 bits per heavy atom. The Balaban J connectivity index is 2.35. The van der Waals surface area contributed by atoms with Crippen LogP contribution in [0.3, 0.4) is 0 Å². The standard InChI is InChI=1S/C13H9F3N2O2/c1-20-12(19)10-6-7-17-11(18-10)8-2-4-9(5-3-8)13(14,15)16/h2-7H,1H3. The molecule has 0 saturated heterocycles. The van der Waals surface area contributed by atoms with Crippen molar-refractivity contribution in [2.24, 2.45) is 0 Å². The Bertz CT molecular complexity index is 624. The minimum absolute atomic E-state index is 0.0393. The fourth-order valence-corrected chi connectivity index (χ4v) is 1.52. The summed E-state index contributed by atoms with van der Waals surface area (Å²) in [6.07, 6.45) is -3.06. The van der Waals surface area contributed by atoms with E-state index in [4.69, 9.17) is 0 Å². The molecule has 1 aromatic carbocycles. The van der Waals surface area contributed by atoms with Crippen LogP contribution in [-0.4, -0.2) is 23.0 Å². The van der Waals surface area contributed by atoms with E-state index in [1.807, 2.05) is 0 Å². The van der Waals surface area contributed by atoms with Crippen molar-refractivity contribution in [2.75, 3.05) is 7.11 Å². The molecule has 7 heteroatoms. The van der Waals surface area contributed by atoms with E-state index in [1.54, 1.807) is 0 Å². The molecule has 0 spiro atoms. The van der Waals surface area contributed by atoms with E-state index < -0.39 is 17.7 Å². The molecule has 20 heavy (non-hydrogen) atoms. The number of esters is 1. The second kappa shape index (κ2) is 5.28. The van der Waals surface area contributed by atoms with E-state index in [-0.39, 0.29) is 11.5 Å². The lowest BCUT2D eigenvalue weighted by atomic mass is 10.1. The number of ether oxygens (including phenoxy) is 1. The molecule has 0 aliphatic carbocycles. The first-order valence-electron chi connectivity index (χ1n) is 5.51. The second-order valence-electron chi connectivity index (χ2n) is 3.83. The van der Waals surface area contributed by atoms with Crippen LogP contribution >= 0.6 is 0 Å². The summed E-state index contributed by atoms with van der Waals surface area (Å²) in [6, 6.07) is 5.73. The number of alkyl halides is 3. The second-order valence-corrected chi connectivity index (χ2v) is 3.83. The van der Waals surface area contributed by atoms with E-state index in [2.05, 4.69) is 14.7 Å². The Hall–Kier alpha value is -2.44. The van der Waals surface area contributed by atoms with Gasteiger partial charge in [-0.2, -0.15) is 13.2 Å². The quantitative estimate of drug-likeness (QED) is 0.795. The summed E-state index contributed by atoms with van der Waals surface area (Å²) < 4.78 is 41.8. The number of halogens is 3. The number of rotatable bonds is 2. The molecule has 2 aromatic rings. The highest BCUT2D eigenvalue weighted by Crippen LogP contribution is 2.30. The number of carbonyl (C=O) groups is 1. The molecule has 0 aliphatic rings. The number of carbonyl (C=O) groups excluding carboxylic acids is 1. The van der Waals surface area contributed by atoms with Crippen LogP contribution < -0.4 is 0 Å². The fraction of sp³-hybridized carbons (Fsp3) is 0.154. The lowest BCUT2D eigenvalue weighted by molar-refractivity contribution is -0.137. The van der Waals surface area contributed by atoms with Crippen LogP contribution in [0.4, 0.5) is 13.2 Å². The van der Waals surface area contributed by atoms with E-state index in [0.29, 0.717) is 5.56 Å². The highest BCUT2D eigenvalue weighted by Gasteiger charge is 2.30. The molecule has 0 N–H and O–H groups in total. The summed E-state index contributed by atoms with van der Waals surface area (Å²) >= 11 is 0. The Kier molecular flexibility index (Phi) is 3.69. The van der Waals surface area contributed by atoms with Gasteiger partial charge in [-0.15, -0.1) is 0 Å². The third kappa shape index (κ3) is 2.93. The molecule has 0 bridgehead atoms. The first-order chi connectivity index (χ1) is 9.41. The van der Waals surface area contributed by atoms with Crippen molar-refractivity contribution < 1.29 is 22.7 Å². The fourth-order valence-electron chi connectivity index (χ4n) is 1.52. The minimum Gasteiger partial charge on any atom is -0.464 e. The lowest BCUT2D eigenvalue weighted by Gasteiger charge is -2.07. The van der Waals surface area contributed by atoms with Crippen molar-refractivity contribution in [3.63, 3.8) is 0 Å². The Morgan fingerprint density at radius 1 is 1.15 bits per heavy atom. The number of hydrogen-bond acceptors (Lipinski definition) is 4. The lowest BCUT2D eigenvalue weighted by Crippen LogP contribution is -2.06. The normalized spacial score (nSPS) is 11.2. The zero-order valence-corrected chi connectivity index (χ0v) is 10.3. The predicted molar refractivity (Wildman–Crippen MR) is 63.8 cm³/mol. The maximum absolute atomic E-state index is 12.4. The molecule has 4 nitrogen and oxygen atoms in total. The number of aromatic nitrogens is 2. The zero-order chi connectivity index (χ0) is 14.8. The minimum atomic E-state index is -4.40. The molecular weight excluding hydrogens is 273 g/mol. The van der Waals surface area contributed by atoms with Crippen LogP contribution in [-0.2, 0) is 10.9 Å². The van der Waals surface area contributed by atoms with E-state index in [0.717, 1.165) is 12.1 Å². The number of benzene rings is 1. The van der Waals surface area contributed by atoms with Crippen molar-refractivity contribution in [1.82, 2.24) is 9.97 Å². The monoisotopic (exact) mass is 282 g/mol. The average molecular weight is 282 g/mol. The highest BCUT2D eigenvalue weighted by atomic mass is 19.4. The number of hydrogen-bond donors (Lipinski definition) is 0. The maximum atomic E-state index is 12.4. The molecule has 1 heterocycles. The van der Waals surface area contributed by atoms with Gasteiger partial charge in [0.25, 0.3) is 0 Å². The summed E-state index contributed by atoms with van der Waals surface area (Å²) in [5.74, 6) is -0.484. The summed E-state index contributed by atoms with van der Waals surface area (Å²) in [7, 11) is 1.21. The molecule has 0 atom stereocenters. The van der Waals surface area contributed by atoms with E-state index in [1.165, 1.54) is 31.5 Å². The van der Waals surface area contributed by atoms with Gasteiger partial charge < -0.3 is 4.74 Å². The first-order valence-corrected chi connectivity index (χ1v) is 5.51. The summed E-state index contributed by atoms with van der Waals surface area (Å²) in [6.45, 7) is 0. The van der Waals surface area contributed by atoms with Crippen LogP contribution in [0, 0.1) is 0 Å². The largest absolute Gasteiger partial charge is 0.464 e. The maximum Gasteiger partial charge on any atom is 0.416 e. The molecule has 0 unspecified atom stereocenters. The van der Waals surface area contributed by atoms with Gasteiger partial charge in [0, 0.05) is 11.8 Å². The summed E-state index contributed by atoms with van der Waals surface area (Å²) in [4.78, 5) is 19.2. The molecule has 1 aromatic heterocycles. The first kappa shape index (κ1) is 14.0. The van der Waals surface area contributed by atoms with Crippen molar-refractivity contribution in [3.8, 4) is 11.4 Å². The number of nitrogens with zero attached hydrogens (tertiary/aromatic N) is 2. The molecule has 0 fully saturated rings. The molecule has 2 rings (SSSR count). The van der Waals surface area contributed by atoms with Crippen LogP contribution in [0.2, 0.25) is 0 Å². The SMILES string of the molecule is COC(=O)c1ccnc(-c2ccc(C(F)(F)F)cc2)n1. The smallest absolute Gasteiger partial charge is 0.416 e. The van der Waals surface area contributed by atoms with Gasteiger partial charge in [-0.05, 0) is 18.2 Å². The van der Waals surface area contributed by atoms with Crippen molar-refractivity contribution >= 4 is 5.97 Å². The Labute approximate surface area is 112 Å². The topological polar surface area (TPSA) is 52.1 Å². The van der Waals surface area contributed by atoms with Crippen molar-refractivity contribution in [3.05, 3.63) is 47.8 Å². The van der Waals surface area contributed by atoms with Gasteiger partial charge in [0.15, 0.2) is 11.5 Å². The molecular formula is C13H9F3N2O2. The van der Waals surface area contributed by atoms with Crippen LogP contribution in [0.15, 0.2) is 36.5 Å². The summed E-state index contributed by atoms with van der Waals surface area (Å²) in [5.41, 5.74) is -0.341. The van der Waals surface area contributed by atoms with Crippen LogP contribution in [0.5, 0.6) is 0 Å². The van der Waals surface area contributed by atoms with Gasteiger partial charge in [-0.25, -0.2) is 14.8 Å². The third-order valence-electron chi connectivity index (χ3n) is 2.52. The summed E-state index contributed by atoms with van der Waals surface area (Å²) in [5, 5.41) is 0. The van der Waals surface area contributed by atoms with E-state index >= 15 is 0 Å². The average Bonchev–Trinajstić information content (AvgIpc) is 2.46. The van der Waals surface area contributed by atoms with Gasteiger partial charge in [0.2, 0.25) is 0 Å². The van der Waals surface area contributed by atoms with Crippen molar-refractivity contribution in [2.45, 2.75) is 6.18 Å². The predicted octanol–water partition coefficient (Wildman–Crippen LogP) is 2.95. The Morgan fingerprint density at radius 2 is 1.80 bits per heavy atom. The molecule has 0 aliphatic heterocycles. The molecule has 0 radical (unpaired) electrons. The molecule has 0 saturated carbocycles. The molecule has 104 valence electrons. The van der Waals surface area contributed by atoms with Crippen molar-refractivity contribution in [1.29, 1.82) is 0 Å². The van der Waals surface area contributed by atoms with Gasteiger partial charge >= 0.3 is 12.1 Å². The van der Waals surface area contributed by atoms with Gasteiger partial charge in [-0.1, -0.05) is 12.1 Å². The third-order valence-corrected chi connectivity index (χ3v) is 2.52. The van der Waals surface area contributed by atoms with Gasteiger partial charge in [-0.3, -0.25) is 0 Å². The van der Waals surface area contributed by atoms with E-state index in [9.17, 15) is 18.0 Å². The van der Waals surface area contributed by atoms with Crippen LogP contribution in [0.25, 0.3) is 11.4 Å². The van der Waals surface area contributed by atoms with Gasteiger partial charge in [0.1, 0.15) is 0 Å². The van der Waals surface area contributed by atoms with Crippen LogP contribution in [0.1, 0.15) is 16.1 Å².